The molecule has 2 atom stereocenters. The van der Waals surface area contributed by atoms with Gasteiger partial charge in [0.1, 0.15) is 6.04 Å². The van der Waals surface area contributed by atoms with Crippen LogP contribution in [-0.4, -0.2) is 51.6 Å². The maximum Gasteiger partial charge on any atom is 0.337 e. The zero-order valence-corrected chi connectivity index (χ0v) is 17.3. The maximum absolute atomic E-state index is 13.1. The molecule has 3 rings (SSSR count). The number of imidazole rings is 1. The minimum absolute atomic E-state index is 0.125. The van der Waals surface area contributed by atoms with Crippen molar-refractivity contribution >= 4 is 23.0 Å². The summed E-state index contributed by atoms with van der Waals surface area (Å²) in [6, 6.07) is 5.79. The topological polar surface area (TPSA) is 102 Å². The van der Waals surface area contributed by atoms with E-state index in [0.717, 1.165) is 24.2 Å². The number of aromatic nitrogens is 2. The number of para-hydroxylation sites is 2. The van der Waals surface area contributed by atoms with Crippen molar-refractivity contribution in [1.29, 1.82) is 0 Å². The largest absolute Gasteiger partial charge is 0.368 e. The lowest BCUT2D eigenvalue weighted by atomic mass is 9.99. The molecule has 0 aliphatic carbocycles. The van der Waals surface area contributed by atoms with Crippen LogP contribution < -0.4 is 16.7 Å². The van der Waals surface area contributed by atoms with Gasteiger partial charge in [0.2, 0.25) is 5.91 Å². The zero-order chi connectivity index (χ0) is 21.0. The lowest BCUT2D eigenvalue weighted by Crippen LogP contribution is -2.51. The lowest BCUT2D eigenvalue weighted by molar-refractivity contribution is -0.120. The zero-order valence-electron chi connectivity index (χ0n) is 17.3. The van der Waals surface area contributed by atoms with Crippen molar-refractivity contribution in [2.45, 2.75) is 52.1 Å². The fraction of sp³-hybridized carbons (Fsp3) is 0.571. The van der Waals surface area contributed by atoms with Crippen molar-refractivity contribution in [3.63, 3.8) is 0 Å². The molecule has 1 aliphatic heterocycles. The van der Waals surface area contributed by atoms with Crippen molar-refractivity contribution in [2.75, 3.05) is 19.6 Å². The van der Waals surface area contributed by atoms with Crippen LogP contribution in [0.25, 0.3) is 11.0 Å². The van der Waals surface area contributed by atoms with Gasteiger partial charge in [-0.05, 0) is 44.0 Å². The van der Waals surface area contributed by atoms with Crippen LogP contribution in [0.2, 0.25) is 0 Å². The molecule has 3 N–H and O–H groups in total. The minimum atomic E-state index is -0.824. The van der Waals surface area contributed by atoms with E-state index in [-0.39, 0.29) is 5.92 Å². The van der Waals surface area contributed by atoms with Gasteiger partial charge >= 0.3 is 11.7 Å². The predicted octanol–water partition coefficient (Wildman–Crippen LogP) is 1.75. The van der Waals surface area contributed by atoms with E-state index >= 15 is 0 Å². The Bertz CT molecular complexity index is 926. The van der Waals surface area contributed by atoms with Gasteiger partial charge < -0.3 is 16.0 Å². The molecule has 0 radical (unpaired) electrons. The molecule has 1 aliphatic rings. The standard InChI is InChI=1S/C21H31N5O3/c1-3-15(2)18(19(22)27)23-20(28)26-17-10-6-5-9-16(17)25(21(26)29)14-13-24-11-7-4-8-12-24/h5-6,9-10,15,18H,3-4,7-8,11-14H2,1-2H3,(H2,22,27)(H,23,28)/t15?,18-/m0/s1. The van der Waals surface area contributed by atoms with Gasteiger partial charge in [0.05, 0.1) is 11.0 Å². The number of nitrogens with two attached hydrogens (primary N) is 1. The van der Waals surface area contributed by atoms with Crippen molar-refractivity contribution in [3.05, 3.63) is 34.7 Å². The van der Waals surface area contributed by atoms with Crippen molar-refractivity contribution < 1.29 is 9.59 Å². The number of piperidine rings is 1. The first kappa shape index (κ1) is 21.1. The third-order valence-electron chi connectivity index (χ3n) is 5.93. The molecular formula is C21H31N5O3. The molecule has 2 amide bonds. The summed E-state index contributed by atoms with van der Waals surface area (Å²) in [7, 11) is 0. The Morgan fingerprint density at radius 3 is 2.38 bits per heavy atom. The summed E-state index contributed by atoms with van der Waals surface area (Å²) in [6.07, 6.45) is 4.31. The number of benzene rings is 1. The quantitative estimate of drug-likeness (QED) is 0.738. The van der Waals surface area contributed by atoms with Gasteiger partial charge in [0.25, 0.3) is 0 Å². The number of primary amides is 1. The van der Waals surface area contributed by atoms with Crippen LogP contribution in [0, 0.1) is 5.92 Å². The van der Waals surface area contributed by atoms with Gasteiger partial charge in [0.15, 0.2) is 0 Å². The van der Waals surface area contributed by atoms with Gasteiger partial charge in [-0.25, -0.2) is 14.2 Å². The van der Waals surface area contributed by atoms with Crippen molar-refractivity contribution in [2.24, 2.45) is 11.7 Å². The second kappa shape index (κ2) is 9.26. The van der Waals surface area contributed by atoms with Crippen LogP contribution in [0.5, 0.6) is 0 Å². The average molecular weight is 402 g/mol. The fourth-order valence-electron chi connectivity index (χ4n) is 3.97. The number of nitrogens with one attached hydrogen (secondary N) is 1. The Kier molecular flexibility index (Phi) is 6.74. The van der Waals surface area contributed by atoms with Gasteiger partial charge in [-0.1, -0.05) is 38.8 Å². The molecule has 1 aromatic carbocycles. The van der Waals surface area contributed by atoms with Gasteiger partial charge in [-0.2, -0.15) is 0 Å². The molecule has 8 heteroatoms. The summed E-state index contributed by atoms with van der Waals surface area (Å²) in [5, 5.41) is 2.66. The molecule has 158 valence electrons. The first-order chi connectivity index (χ1) is 13.9. The van der Waals surface area contributed by atoms with Crippen LogP contribution in [0.4, 0.5) is 4.79 Å². The number of carbonyl (C=O) groups excluding carboxylic acids is 2. The lowest BCUT2D eigenvalue weighted by Gasteiger charge is -2.26. The van der Waals surface area contributed by atoms with E-state index in [9.17, 15) is 14.4 Å². The van der Waals surface area contributed by atoms with E-state index < -0.39 is 23.7 Å². The summed E-state index contributed by atoms with van der Waals surface area (Å²) in [5.41, 5.74) is 6.32. The van der Waals surface area contributed by atoms with Crippen molar-refractivity contribution in [1.82, 2.24) is 19.4 Å². The summed E-state index contributed by atoms with van der Waals surface area (Å²) >= 11 is 0. The maximum atomic E-state index is 13.1. The number of fused-ring (bicyclic) bond motifs is 1. The number of carbonyl (C=O) groups is 2. The molecular weight excluding hydrogens is 370 g/mol. The molecule has 0 spiro atoms. The van der Waals surface area contributed by atoms with Crippen molar-refractivity contribution in [3.8, 4) is 0 Å². The summed E-state index contributed by atoms with van der Waals surface area (Å²) < 4.78 is 2.76. The van der Waals surface area contributed by atoms with E-state index in [4.69, 9.17) is 5.73 Å². The average Bonchev–Trinajstić information content (AvgIpc) is 3.01. The van der Waals surface area contributed by atoms with Gasteiger partial charge in [-0.3, -0.25) is 9.36 Å². The highest BCUT2D eigenvalue weighted by Crippen LogP contribution is 2.15. The third kappa shape index (κ3) is 4.53. The Hall–Kier alpha value is -2.61. The van der Waals surface area contributed by atoms with E-state index in [0.29, 0.717) is 24.0 Å². The second-order valence-electron chi connectivity index (χ2n) is 7.88. The molecule has 0 saturated carbocycles. The molecule has 2 aromatic rings. The first-order valence-electron chi connectivity index (χ1n) is 10.5. The Morgan fingerprint density at radius 1 is 1.10 bits per heavy atom. The number of hydrogen-bond donors (Lipinski definition) is 2. The highest BCUT2D eigenvalue weighted by atomic mass is 16.2. The number of rotatable bonds is 7. The normalized spacial score (nSPS) is 17.2. The SMILES string of the molecule is CCC(C)[C@H](NC(=O)n1c(=O)n(CCN2CCCCC2)c2ccccc21)C(N)=O. The fourth-order valence-corrected chi connectivity index (χ4v) is 3.97. The van der Waals surface area contributed by atoms with Crippen LogP contribution in [0.15, 0.2) is 29.1 Å². The second-order valence-corrected chi connectivity index (χ2v) is 7.88. The molecule has 8 nitrogen and oxygen atoms in total. The number of hydrogen-bond acceptors (Lipinski definition) is 4. The summed E-state index contributed by atoms with van der Waals surface area (Å²) in [6.45, 7) is 7.15. The van der Waals surface area contributed by atoms with E-state index in [1.165, 1.54) is 19.3 Å². The Labute approximate surface area is 170 Å². The number of amides is 2. The van der Waals surface area contributed by atoms with Crippen LogP contribution >= 0.6 is 0 Å². The molecule has 0 bridgehead atoms. The Balaban J connectivity index is 1.89. The number of nitrogens with zero attached hydrogens (tertiary/aromatic N) is 3. The molecule has 29 heavy (non-hydrogen) atoms. The molecule has 1 saturated heterocycles. The third-order valence-corrected chi connectivity index (χ3v) is 5.93. The van der Waals surface area contributed by atoms with E-state index in [1.807, 2.05) is 26.0 Å². The molecule has 1 fully saturated rings. The summed E-state index contributed by atoms with van der Waals surface area (Å²) in [5.74, 6) is -0.728. The van der Waals surface area contributed by atoms with Crippen LogP contribution in [-0.2, 0) is 11.3 Å². The molecule has 1 aromatic heterocycles. The highest BCUT2D eigenvalue weighted by Gasteiger charge is 2.26. The first-order valence-corrected chi connectivity index (χ1v) is 10.5. The Morgan fingerprint density at radius 2 is 1.76 bits per heavy atom. The van der Waals surface area contributed by atoms with Crippen LogP contribution in [0.1, 0.15) is 39.5 Å². The predicted molar refractivity (Wildman–Crippen MR) is 113 cm³/mol. The smallest absolute Gasteiger partial charge is 0.337 e. The van der Waals surface area contributed by atoms with Crippen LogP contribution in [0.3, 0.4) is 0 Å². The minimum Gasteiger partial charge on any atom is -0.368 e. The highest BCUT2D eigenvalue weighted by molar-refractivity contribution is 5.92. The number of likely N-dealkylation sites (tertiary alicyclic amines) is 1. The van der Waals surface area contributed by atoms with Gasteiger partial charge in [-0.15, -0.1) is 0 Å². The van der Waals surface area contributed by atoms with E-state index in [1.54, 1.807) is 16.7 Å². The van der Waals surface area contributed by atoms with Gasteiger partial charge in [0, 0.05) is 13.1 Å². The molecule has 1 unspecified atom stereocenters. The van der Waals surface area contributed by atoms with E-state index in [2.05, 4.69) is 10.2 Å². The monoisotopic (exact) mass is 401 g/mol. The molecule has 2 heterocycles. The summed E-state index contributed by atoms with van der Waals surface area (Å²) in [4.78, 5) is 40.2.